The Morgan fingerprint density at radius 1 is 1.30 bits per heavy atom. The van der Waals surface area contributed by atoms with E-state index in [1.54, 1.807) is 7.11 Å². The Balaban J connectivity index is 2.90. The van der Waals surface area contributed by atoms with Crippen LogP contribution in [0.4, 0.5) is 0 Å². The number of rotatable bonds is 6. The number of benzene rings is 1. The van der Waals surface area contributed by atoms with Crippen molar-refractivity contribution in [3.05, 3.63) is 28.2 Å². The average molecular weight is 345 g/mol. The smallest absolute Gasteiger partial charge is 0.119 e. The fourth-order valence-corrected chi connectivity index (χ4v) is 2.69. The first kappa shape index (κ1) is 17.5. The minimum absolute atomic E-state index is 0.110. The Hall–Kier alpha value is -0.580. The first-order valence-electron chi connectivity index (χ1n) is 6.91. The van der Waals surface area contributed by atoms with Gasteiger partial charge in [-0.15, -0.1) is 0 Å². The van der Waals surface area contributed by atoms with Crippen LogP contribution in [-0.2, 0) is 11.2 Å². The number of halogens is 1. The third kappa shape index (κ3) is 4.76. The summed E-state index contributed by atoms with van der Waals surface area (Å²) in [5.41, 5.74) is 0.909. The van der Waals surface area contributed by atoms with Gasteiger partial charge >= 0.3 is 0 Å². The molecule has 3 nitrogen and oxygen atoms in total. The first-order chi connectivity index (χ1) is 9.29. The zero-order valence-electron chi connectivity index (χ0n) is 12.9. The molecule has 114 valence electrons. The molecule has 2 atom stereocenters. The van der Waals surface area contributed by atoms with Crippen LogP contribution in [0, 0.1) is 5.41 Å². The Morgan fingerprint density at radius 3 is 2.45 bits per heavy atom. The highest BCUT2D eigenvalue weighted by atomic mass is 79.9. The van der Waals surface area contributed by atoms with Gasteiger partial charge in [-0.05, 0) is 36.1 Å². The van der Waals surface area contributed by atoms with Gasteiger partial charge < -0.3 is 14.6 Å². The Labute approximate surface area is 130 Å². The molecule has 1 N–H and O–H groups in total. The molecule has 0 amide bonds. The van der Waals surface area contributed by atoms with Crippen molar-refractivity contribution in [2.75, 3.05) is 13.7 Å². The molecule has 0 saturated heterocycles. The molecule has 1 aromatic rings. The van der Waals surface area contributed by atoms with Crippen molar-refractivity contribution in [3.63, 3.8) is 0 Å². The van der Waals surface area contributed by atoms with Crippen LogP contribution in [0.3, 0.4) is 0 Å². The Kier molecular flexibility index (Phi) is 6.49. The predicted molar refractivity (Wildman–Crippen MR) is 85.3 cm³/mol. The van der Waals surface area contributed by atoms with Crippen molar-refractivity contribution in [1.29, 1.82) is 0 Å². The number of hydrogen-bond donors (Lipinski definition) is 1. The SMILES string of the molecule is CCOC(C(O)Cc1cc(OC)ccc1Br)C(C)(C)C. The van der Waals surface area contributed by atoms with E-state index in [2.05, 4.69) is 36.7 Å². The van der Waals surface area contributed by atoms with Gasteiger partial charge in [-0.2, -0.15) is 0 Å². The monoisotopic (exact) mass is 344 g/mol. The van der Waals surface area contributed by atoms with E-state index >= 15 is 0 Å². The Morgan fingerprint density at radius 2 is 1.95 bits per heavy atom. The summed E-state index contributed by atoms with van der Waals surface area (Å²) < 4.78 is 11.9. The number of aliphatic hydroxyl groups is 1. The normalized spacial score (nSPS) is 14.9. The van der Waals surface area contributed by atoms with Gasteiger partial charge in [-0.25, -0.2) is 0 Å². The molecule has 0 aromatic heterocycles. The molecule has 0 spiro atoms. The lowest BCUT2D eigenvalue weighted by atomic mass is 9.83. The molecule has 1 rings (SSSR count). The highest BCUT2D eigenvalue weighted by Gasteiger charge is 2.32. The van der Waals surface area contributed by atoms with Crippen molar-refractivity contribution >= 4 is 15.9 Å². The molecule has 0 aliphatic carbocycles. The van der Waals surface area contributed by atoms with Gasteiger partial charge in [0.2, 0.25) is 0 Å². The lowest BCUT2D eigenvalue weighted by Gasteiger charge is -2.34. The molecule has 0 aliphatic rings. The second-order valence-corrected chi connectivity index (χ2v) is 6.83. The number of hydrogen-bond acceptors (Lipinski definition) is 3. The maximum atomic E-state index is 10.5. The molecule has 0 saturated carbocycles. The Bertz CT molecular complexity index is 426. The van der Waals surface area contributed by atoms with Gasteiger partial charge in [-0.1, -0.05) is 36.7 Å². The second kappa shape index (κ2) is 7.43. The minimum atomic E-state index is -0.557. The van der Waals surface area contributed by atoms with E-state index in [1.165, 1.54) is 0 Å². The maximum Gasteiger partial charge on any atom is 0.119 e. The van der Waals surface area contributed by atoms with Crippen molar-refractivity contribution in [3.8, 4) is 5.75 Å². The summed E-state index contributed by atoms with van der Waals surface area (Å²) in [6.07, 6.45) is -0.233. The van der Waals surface area contributed by atoms with Gasteiger partial charge in [0.25, 0.3) is 0 Å². The van der Waals surface area contributed by atoms with E-state index < -0.39 is 6.10 Å². The molecule has 0 aliphatic heterocycles. The van der Waals surface area contributed by atoms with Gasteiger partial charge in [0.15, 0.2) is 0 Å². The average Bonchev–Trinajstić information content (AvgIpc) is 2.37. The van der Waals surface area contributed by atoms with E-state index in [9.17, 15) is 5.11 Å². The summed E-state index contributed by atoms with van der Waals surface area (Å²) in [7, 11) is 1.64. The second-order valence-electron chi connectivity index (χ2n) is 5.97. The largest absolute Gasteiger partial charge is 0.497 e. The maximum absolute atomic E-state index is 10.5. The van der Waals surface area contributed by atoms with Crippen molar-refractivity contribution in [2.24, 2.45) is 5.41 Å². The van der Waals surface area contributed by atoms with Crippen LogP contribution in [0.2, 0.25) is 0 Å². The fourth-order valence-electron chi connectivity index (χ4n) is 2.28. The topological polar surface area (TPSA) is 38.7 Å². The molecule has 1 aromatic carbocycles. The van der Waals surface area contributed by atoms with E-state index in [1.807, 2.05) is 25.1 Å². The van der Waals surface area contributed by atoms with Crippen LogP contribution in [0.15, 0.2) is 22.7 Å². The zero-order valence-corrected chi connectivity index (χ0v) is 14.5. The molecule has 20 heavy (non-hydrogen) atoms. The summed E-state index contributed by atoms with van der Waals surface area (Å²) >= 11 is 3.52. The third-order valence-corrected chi connectivity index (χ3v) is 4.00. The van der Waals surface area contributed by atoms with Crippen LogP contribution < -0.4 is 4.74 Å². The van der Waals surface area contributed by atoms with Gasteiger partial charge in [0, 0.05) is 17.5 Å². The summed E-state index contributed by atoms with van der Waals surface area (Å²) in [5.74, 6) is 0.791. The van der Waals surface area contributed by atoms with Crippen molar-refractivity contribution in [1.82, 2.24) is 0 Å². The van der Waals surface area contributed by atoms with Crippen LogP contribution in [-0.4, -0.2) is 31.0 Å². The molecule has 4 heteroatoms. The standard InChI is InChI=1S/C16H25BrO3/c1-6-20-15(16(2,3)4)14(18)10-11-9-12(19-5)7-8-13(11)17/h7-9,14-15,18H,6,10H2,1-5H3. The number of methoxy groups -OCH3 is 1. The van der Waals surface area contributed by atoms with E-state index in [-0.39, 0.29) is 11.5 Å². The van der Waals surface area contributed by atoms with E-state index in [4.69, 9.17) is 9.47 Å². The molecular formula is C16H25BrO3. The van der Waals surface area contributed by atoms with Crippen LogP contribution >= 0.6 is 15.9 Å². The number of aliphatic hydroxyl groups excluding tert-OH is 1. The molecule has 0 fully saturated rings. The van der Waals surface area contributed by atoms with Gasteiger partial charge in [0.1, 0.15) is 5.75 Å². The lowest BCUT2D eigenvalue weighted by molar-refractivity contribution is -0.0874. The minimum Gasteiger partial charge on any atom is -0.497 e. The molecular weight excluding hydrogens is 320 g/mol. The van der Waals surface area contributed by atoms with Crippen LogP contribution in [0.5, 0.6) is 5.75 Å². The molecule has 2 unspecified atom stereocenters. The van der Waals surface area contributed by atoms with Gasteiger partial charge in [0.05, 0.1) is 19.3 Å². The van der Waals surface area contributed by atoms with Crippen LogP contribution in [0.25, 0.3) is 0 Å². The highest BCUT2D eigenvalue weighted by molar-refractivity contribution is 9.10. The van der Waals surface area contributed by atoms with Crippen LogP contribution in [0.1, 0.15) is 33.3 Å². The van der Waals surface area contributed by atoms with E-state index in [0.717, 1.165) is 15.8 Å². The third-order valence-electron chi connectivity index (χ3n) is 3.23. The lowest BCUT2D eigenvalue weighted by Crippen LogP contribution is -2.41. The summed E-state index contributed by atoms with van der Waals surface area (Å²) in [6.45, 7) is 8.79. The van der Waals surface area contributed by atoms with Crippen molar-refractivity contribution < 1.29 is 14.6 Å². The zero-order chi connectivity index (χ0) is 15.3. The predicted octanol–water partition coefficient (Wildman–Crippen LogP) is 3.81. The van der Waals surface area contributed by atoms with Crippen molar-refractivity contribution in [2.45, 2.75) is 46.3 Å². The first-order valence-corrected chi connectivity index (χ1v) is 7.71. The highest BCUT2D eigenvalue weighted by Crippen LogP contribution is 2.29. The quantitative estimate of drug-likeness (QED) is 0.852. The summed E-state index contributed by atoms with van der Waals surface area (Å²) in [6, 6.07) is 5.77. The molecule has 0 bridgehead atoms. The number of ether oxygens (including phenoxy) is 2. The fraction of sp³-hybridized carbons (Fsp3) is 0.625. The summed E-state index contributed by atoms with van der Waals surface area (Å²) in [5, 5.41) is 10.5. The van der Waals surface area contributed by atoms with Gasteiger partial charge in [-0.3, -0.25) is 0 Å². The summed E-state index contributed by atoms with van der Waals surface area (Å²) in [4.78, 5) is 0. The van der Waals surface area contributed by atoms with E-state index in [0.29, 0.717) is 13.0 Å². The molecule has 0 radical (unpaired) electrons. The molecule has 0 heterocycles.